The van der Waals surface area contributed by atoms with Crippen molar-refractivity contribution in [1.82, 2.24) is 9.88 Å². The molecule has 0 fully saturated rings. The summed E-state index contributed by atoms with van der Waals surface area (Å²) < 4.78 is 0. The molecule has 0 saturated heterocycles. The molecule has 1 aliphatic rings. The highest BCUT2D eigenvalue weighted by molar-refractivity contribution is 6.31. The number of halogens is 1. The molecule has 1 unspecified atom stereocenters. The molecule has 0 radical (unpaired) electrons. The van der Waals surface area contributed by atoms with Gasteiger partial charge in [0.05, 0.1) is 6.04 Å². The molecule has 5 nitrogen and oxygen atoms in total. The smallest absolute Gasteiger partial charge is 0.255 e. The number of aromatic nitrogens is 1. The van der Waals surface area contributed by atoms with E-state index in [0.29, 0.717) is 16.3 Å². The quantitative estimate of drug-likeness (QED) is 0.429. The third-order valence-corrected chi connectivity index (χ3v) is 6.45. The third kappa shape index (κ3) is 3.35. The number of nitrogens with zero attached hydrogens (tertiary/aromatic N) is 1. The maximum atomic E-state index is 13.4. The number of fused-ring (bicyclic) bond motifs is 2. The van der Waals surface area contributed by atoms with Crippen LogP contribution in [0, 0.1) is 13.8 Å². The number of carbonyl (C=O) groups is 2. The number of carbonyl (C=O) groups excluding carboxylic acids is 2. The van der Waals surface area contributed by atoms with E-state index in [0.717, 1.165) is 33.3 Å². The molecule has 0 saturated carbocycles. The van der Waals surface area contributed by atoms with Crippen LogP contribution >= 0.6 is 11.6 Å². The summed E-state index contributed by atoms with van der Waals surface area (Å²) in [6.07, 6.45) is 0. The minimum Gasteiger partial charge on any atom is -0.358 e. The van der Waals surface area contributed by atoms with Crippen molar-refractivity contribution in [2.75, 3.05) is 11.9 Å². The number of nitrogens with one attached hydrogen (secondary N) is 2. The summed E-state index contributed by atoms with van der Waals surface area (Å²) in [4.78, 5) is 31.4. The molecule has 1 atom stereocenters. The summed E-state index contributed by atoms with van der Waals surface area (Å²) in [6, 6.07) is 20.7. The Hall–Kier alpha value is -3.57. The fourth-order valence-electron chi connectivity index (χ4n) is 4.52. The second-order valence-corrected chi connectivity index (χ2v) is 8.55. The average Bonchev–Trinajstić information content (AvgIpc) is 3.24. The van der Waals surface area contributed by atoms with Gasteiger partial charge in [-0.05, 0) is 49.2 Å². The van der Waals surface area contributed by atoms with Crippen molar-refractivity contribution in [3.05, 3.63) is 99.7 Å². The molecule has 5 rings (SSSR count). The Bertz CT molecular complexity index is 1370. The zero-order valence-electron chi connectivity index (χ0n) is 17.8. The van der Waals surface area contributed by atoms with E-state index in [1.54, 1.807) is 17.0 Å². The summed E-state index contributed by atoms with van der Waals surface area (Å²) in [6.45, 7) is 3.85. The third-order valence-electron chi connectivity index (χ3n) is 6.04. The molecule has 0 bridgehead atoms. The molecule has 3 aromatic carbocycles. The van der Waals surface area contributed by atoms with Crippen LogP contribution in [0.2, 0.25) is 5.02 Å². The Balaban J connectivity index is 1.53. The van der Waals surface area contributed by atoms with Gasteiger partial charge in [0.25, 0.3) is 5.91 Å². The van der Waals surface area contributed by atoms with Crippen LogP contribution in [0.5, 0.6) is 0 Å². The SMILES string of the molecule is Cc1ccc(NC(=O)CN2C(=O)c3ccccc3C2c2c(C)[nH]c3ccccc23)cc1Cl. The van der Waals surface area contributed by atoms with E-state index in [4.69, 9.17) is 11.6 Å². The number of anilines is 1. The first-order valence-corrected chi connectivity index (χ1v) is 10.8. The summed E-state index contributed by atoms with van der Waals surface area (Å²) >= 11 is 6.20. The first-order chi connectivity index (χ1) is 15.4. The minimum atomic E-state index is -0.345. The summed E-state index contributed by atoms with van der Waals surface area (Å²) in [5.41, 5.74) is 6.10. The second-order valence-electron chi connectivity index (χ2n) is 8.14. The lowest BCUT2D eigenvalue weighted by Gasteiger charge is -2.26. The largest absolute Gasteiger partial charge is 0.358 e. The summed E-state index contributed by atoms with van der Waals surface area (Å²) in [5, 5.41) is 4.51. The Morgan fingerprint density at radius 3 is 2.62 bits per heavy atom. The summed E-state index contributed by atoms with van der Waals surface area (Å²) in [7, 11) is 0. The van der Waals surface area contributed by atoms with E-state index < -0.39 is 0 Å². The van der Waals surface area contributed by atoms with E-state index in [1.165, 1.54) is 0 Å². The van der Waals surface area contributed by atoms with Crippen molar-refractivity contribution < 1.29 is 9.59 Å². The fraction of sp³-hybridized carbons (Fsp3) is 0.154. The topological polar surface area (TPSA) is 65.2 Å². The van der Waals surface area contributed by atoms with Gasteiger partial charge in [0, 0.05) is 38.4 Å². The van der Waals surface area contributed by atoms with Crippen molar-refractivity contribution in [3.63, 3.8) is 0 Å². The predicted octanol–water partition coefficient (Wildman–Crippen LogP) is 5.62. The van der Waals surface area contributed by atoms with Gasteiger partial charge < -0.3 is 15.2 Å². The van der Waals surface area contributed by atoms with Crippen molar-refractivity contribution in [2.24, 2.45) is 0 Å². The van der Waals surface area contributed by atoms with Gasteiger partial charge in [0.1, 0.15) is 6.54 Å². The van der Waals surface area contributed by atoms with Crippen molar-refractivity contribution >= 4 is 40.0 Å². The number of aromatic amines is 1. The van der Waals surface area contributed by atoms with Crippen LogP contribution in [0.4, 0.5) is 5.69 Å². The molecule has 1 aromatic heterocycles. The molecule has 32 heavy (non-hydrogen) atoms. The number of amides is 2. The number of benzene rings is 3. The van der Waals surface area contributed by atoms with Crippen molar-refractivity contribution in [1.29, 1.82) is 0 Å². The zero-order chi connectivity index (χ0) is 22.4. The first kappa shape index (κ1) is 20.3. The highest BCUT2D eigenvalue weighted by Gasteiger charge is 2.40. The van der Waals surface area contributed by atoms with Crippen LogP contribution in [0.25, 0.3) is 10.9 Å². The normalized spacial score (nSPS) is 15.3. The van der Waals surface area contributed by atoms with Crippen LogP contribution < -0.4 is 5.32 Å². The number of hydrogen-bond donors (Lipinski definition) is 2. The van der Waals surface area contributed by atoms with Crippen LogP contribution in [0.3, 0.4) is 0 Å². The molecule has 1 aliphatic heterocycles. The molecule has 2 amide bonds. The maximum Gasteiger partial charge on any atom is 0.255 e. The van der Waals surface area contributed by atoms with Gasteiger partial charge in [-0.15, -0.1) is 0 Å². The van der Waals surface area contributed by atoms with Gasteiger partial charge in [-0.2, -0.15) is 0 Å². The summed E-state index contributed by atoms with van der Waals surface area (Å²) in [5.74, 6) is -0.416. The fourth-order valence-corrected chi connectivity index (χ4v) is 4.70. The van der Waals surface area contributed by atoms with Crippen molar-refractivity contribution in [2.45, 2.75) is 19.9 Å². The maximum absolute atomic E-state index is 13.4. The molecular weight excluding hydrogens is 422 g/mol. The lowest BCUT2D eigenvalue weighted by atomic mass is 9.95. The predicted molar refractivity (Wildman–Crippen MR) is 127 cm³/mol. The molecular formula is C26H22ClN3O2. The highest BCUT2D eigenvalue weighted by atomic mass is 35.5. The van der Waals surface area contributed by atoms with E-state index >= 15 is 0 Å². The van der Waals surface area contributed by atoms with Gasteiger partial charge >= 0.3 is 0 Å². The number of H-pyrrole nitrogens is 1. The molecule has 0 aliphatic carbocycles. The zero-order valence-corrected chi connectivity index (χ0v) is 18.5. The van der Waals surface area contributed by atoms with Crippen LogP contribution in [0.1, 0.15) is 38.8 Å². The number of aryl methyl sites for hydroxylation is 2. The standard InChI is InChI=1S/C26H22ClN3O2/c1-15-11-12-17(13-21(15)27)29-23(31)14-30-25(18-7-3-4-8-19(18)26(30)32)24-16(2)28-22-10-6-5-9-20(22)24/h3-13,25,28H,14H2,1-2H3,(H,29,31). The van der Waals surface area contributed by atoms with E-state index in [-0.39, 0.29) is 24.4 Å². The number of para-hydroxylation sites is 1. The molecule has 2 heterocycles. The number of rotatable bonds is 4. The van der Waals surface area contributed by atoms with Gasteiger partial charge in [-0.3, -0.25) is 9.59 Å². The van der Waals surface area contributed by atoms with Gasteiger partial charge in [-0.25, -0.2) is 0 Å². The Morgan fingerprint density at radius 1 is 1.06 bits per heavy atom. The number of hydrogen-bond acceptors (Lipinski definition) is 2. The van der Waals surface area contributed by atoms with Gasteiger partial charge in [0.2, 0.25) is 5.91 Å². The van der Waals surface area contributed by atoms with Gasteiger partial charge in [0.15, 0.2) is 0 Å². The molecule has 4 aromatic rings. The molecule has 6 heteroatoms. The average molecular weight is 444 g/mol. The second kappa shape index (κ2) is 7.84. The van der Waals surface area contributed by atoms with Crippen LogP contribution in [0.15, 0.2) is 66.7 Å². The Labute approximate surface area is 191 Å². The van der Waals surface area contributed by atoms with Crippen LogP contribution in [-0.4, -0.2) is 28.2 Å². The Kier molecular flexibility index (Phi) is 4.98. The van der Waals surface area contributed by atoms with E-state index in [2.05, 4.69) is 10.3 Å². The van der Waals surface area contributed by atoms with Gasteiger partial charge in [-0.1, -0.05) is 54.1 Å². The monoisotopic (exact) mass is 443 g/mol. The van der Waals surface area contributed by atoms with Crippen molar-refractivity contribution in [3.8, 4) is 0 Å². The molecule has 2 N–H and O–H groups in total. The first-order valence-electron chi connectivity index (χ1n) is 10.5. The highest BCUT2D eigenvalue weighted by Crippen LogP contribution is 2.42. The Morgan fingerprint density at radius 2 is 1.81 bits per heavy atom. The van der Waals surface area contributed by atoms with Crippen LogP contribution in [-0.2, 0) is 4.79 Å². The van der Waals surface area contributed by atoms with E-state index in [9.17, 15) is 9.59 Å². The lowest BCUT2D eigenvalue weighted by Crippen LogP contribution is -2.36. The molecule has 0 spiro atoms. The molecule has 160 valence electrons. The van der Waals surface area contributed by atoms with E-state index in [1.807, 2.05) is 68.4 Å². The lowest BCUT2D eigenvalue weighted by molar-refractivity contribution is -0.117. The minimum absolute atomic E-state index is 0.0668.